The number of nitrogens with zero attached hydrogens (tertiary/aromatic N) is 1. The highest BCUT2D eigenvalue weighted by Gasteiger charge is 2.35. The van der Waals surface area contributed by atoms with E-state index in [-0.39, 0.29) is 0 Å². The van der Waals surface area contributed by atoms with E-state index in [1.165, 1.54) is 24.0 Å². The number of rotatable bonds is 7. The molecule has 0 radical (unpaired) electrons. The Morgan fingerprint density at radius 1 is 1.29 bits per heavy atom. The van der Waals surface area contributed by atoms with Gasteiger partial charge in [0.25, 0.3) is 0 Å². The van der Waals surface area contributed by atoms with Crippen LogP contribution in [-0.2, 0) is 11.2 Å². The zero-order valence-corrected chi connectivity index (χ0v) is 14.0. The van der Waals surface area contributed by atoms with E-state index >= 15 is 0 Å². The second-order valence-corrected chi connectivity index (χ2v) is 6.87. The van der Waals surface area contributed by atoms with E-state index in [9.17, 15) is 0 Å². The van der Waals surface area contributed by atoms with Gasteiger partial charge in [0.15, 0.2) is 0 Å². The fraction of sp³-hybridized carbons (Fsp3) is 0.667. The first-order valence-corrected chi connectivity index (χ1v) is 8.03. The van der Waals surface area contributed by atoms with Crippen molar-refractivity contribution in [1.29, 1.82) is 0 Å². The van der Waals surface area contributed by atoms with Crippen molar-refractivity contribution in [2.24, 2.45) is 5.41 Å². The normalized spacial score (nSPS) is 20.5. The van der Waals surface area contributed by atoms with Crippen LogP contribution in [0.15, 0.2) is 24.3 Å². The summed E-state index contributed by atoms with van der Waals surface area (Å²) in [7, 11) is 3.91. The summed E-state index contributed by atoms with van der Waals surface area (Å²) >= 11 is 0. The predicted molar refractivity (Wildman–Crippen MR) is 88.7 cm³/mol. The van der Waals surface area contributed by atoms with E-state index in [1.54, 1.807) is 7.11 Å². The lowest BCUT2D eigenvalue weighted by Crippen LogP contribution is -2.41. The second kappa shape index (κ2) is 7.39. The molecule has 21 heavy (non-hydrogen) atoms. The lowest BCUT2D eigenvalue weighted by molar-refractivity contribution is 0.156. The van der Waals surface area contributed by atoms with Gasteiger partial charge in [-0.3, -0.25) is 0 Å². The van der Waals surface area contributed by atoms with E-state index in [0.29, 0.717) is 11.5 Å². The molecule has 2 rings (SSSR count). The number of aryl methyl sites for hydroxylation is 1. The fourth-order valence-electron chi connectivity index (χ4n) is 3.21. The number of hydrogen-bond acceptors (Lipinski definition) is 3. The molecule has 0 aliphatic heterocycles. The first-order chi connectivity index (χ1) is 10.0. The van der Waals surface area contributed by atoms with Crippen molar-refractivity contribution in [3.05, 3.63) is 35.4 Å². The summed E-state index contributed by atoms with van der Waals surface area (Å²) in [5.41, 5.74) is 3.33. The Hall–Kier alpha value is -0.900. The van der Waals surface area contributed by atoms with Crippen LogP contribution >= 0.6 is 0 Å². The van der Waals surface area contributed by atoms with Gasteiger partial charge in [-0.05, 0) is 36.4 Å². The number of fused-ring (bicyclic) bond motifs is 1. The summed E-state index contributed by atoms with van der Waals surface area (Å²) in [6, 6.07) is 9.36. The van der Waals surface area contributed by atoms with Crippen molar-refractivity contribution in [2.75, 3.05) is 40.4 Å². The summed E-state index contributed by atoms with van der Waals surface area (Å²) in [5, 5.41) is 3.79. The maximum absolute atomic E-state index is 5.13. The van der Waals surface area contributed by atoms with Gasteiger partial charge in [0.2, 0.25) is 0 Å². The van der Waals surface area contributed by atoms with E-state index in [0.717, 1.165) is 26.2 Å². The molecular formula is C18H30N2O. The molecule has 3 heteroatoms. The first kappa shape index (κ1) is 16.5. The van der Waals surface area contributed by atoms with Crippen LogP contribution in [0.3, 0.4) is 0 Å². The van der Waals surface area contributed by atoms with Crippen LogP contribution in [-0.4, -0.2) is 45.3 Å². The minimum Gasteiger partial charge on any atom is -0.383 e. The maximum atomic E-state index is 5.13. The quantitative estimate of drug-likeness (QED) is 0.835. The molecule has 0 aromatic heterocycles. The number of hydrogen-bond donors (Lipinski definition) is 1. The molecule has 0 fully saturated rings. The number of ether oxygens (including phenoxy) is 1. The van der Waals surface area contributed by atoms with E-state index < -0.39 is 0 Å². The third-order valence-corrected chi connectivity index (χ3v) is 4.71. The van der Waals surface area contributed by atoms with Crippen LogP contribution < -0.4 is 5.32 Å². The molecule has 0 saturated carbocycles. The van der Waals surface area contributed by atoms with Gasteiger partial charge in [-0.15, -0.1) is 0 Å². The topological polar surface area (TPSA) is 24.5 Å². The summed E-state index contributed by atoms with van der Waals surface area (Å²) in [4.78, 5) is 2.32. The van der Waals surface area contributed by atoms with Gasteiger partial charge < -0.3 is 15.0 Å². The summed E-state index contributed by atoms with van der Waals surface area (Å²) in [6.45, 7) is 8.63. The second-order valence-electron chi connectivity index (χ2n) is 6.87. The fourth-order valence-corrected chi connectivity index (χ4v) is 3.21. The standard InChI is InChI=1S/C18H30N2O/c1-18(2)10-9-15-7-5-6-8-16(15)17(18)19-11-12-20(3)13-14-21-4/h5-8,17,19H,9-14H2,1-4H3/t17-/m0/s1. The molecular weight excluding hydrogens is 260 g/mol. The molecule has 1 aromatic carbocycles. The van der Waals surface area contributed by atoms with Gasteiger partial charge in [-0.1, -0.05) is 38.1 Å². The lowest BCUT2D eigenvalue weighted by Gasteiger charge is -2.41. The molecule has 1 aliphatic carbocycles. The van der Waals surface area contributed by atoms with E-state index in [2.05, 4.69) is 55.4 Å². The zero-order valence-electron chi connectivity index (χ0n) is 14.0. The Kier molecular flexibility index (Phi) is 5.80. The Morgan fingerprint density at radius 2 is 2.05 bits per heavy atom. The van der Waals surface area contributed by atoms with Crippen LogP contribution in [0.4, 0.5) is 0 Å². The van der Waals surface area contributed by atoms with Gasteiger partial charge in [0.05, 0.1) is 6.61 Å². The third kappa shape index (κ3) is 4.29. The molecule has 0 unspecified atom stereocenters. The molecule has 0 amide bonds. The van der Waals surface area contributed by atoms with Crippen LogP contribution in [0.1, 0.15) is 37.4 Å². The molecule has 0 bridgehead atoms. The van der Waals surface area contributed by atoms with Gasteiger partial charge in [-0.2, -0.15) is 0 Å². The van der Waals surface area contributed by atoms with Crippen LogP contribution in [0.2, 0.25) is 0 Å². The van der Waals surface area contributed by atoms with Crippen molar-refractivity contribution in [3.63, 3.8) is 0 Å². The maximum Gasteiger partial charge on any atom is 0.0589 e. The number of benzene rings is 1. The van der Waals surface area contributed by atoms with E-state index in [1.807, 2.05) is 0 Å². The molecule has 118 valence electrons. The lowest BCUT2D eigenvalue weighted by atomic mass is 9.70. The van der Waals surface area contributed by atoms with E-state index in [4.69, 9.17) is 4.74 Å². The molecule has 0 heterocycles. The Morgan fingerprint density at radius 3 is 2.81 bits per heavy atom. The molecule has 1 N–H and O–H groups in total. The van der Waals surface area contributed by atoms with Gasteiger partial charge >= 0.3 is 0 Å². The highest BCUT2D eigenvalue weighted by Crippen LogP contribution is 2.43. The molecule has 3 nitrogen and oxygen atoms in total. The average Bonchev–Trinajstić information content (AvgIpc) is 2.47. The predicted octanol–water partition coefficient (Wildman–Crippen LogP) is 2.87. The smallest absolute Gasteiger partial charge is 0.0589 e. The van der Waals surface area contributed by atoms with Gasteiger partial charge in [-0.25, -0.2) is 0 Å². The molecule has 1 aromatic rings. The Labute approximate surface area is 129 Å². The van der Waals surface area contributed by atoms with Crippen molar-refractivity contribution in [1.82, 2.24) is 10.2 Å². The third-order valence-electron chi connectivity index (χ3n) is 4.71. The summed E-state index contributed by atoms with van der Waals surface area (Å²) in [6.07, 6.45) is 2.45. The highest BCUT2D eigenvalue weighted by molar-refractivity contribution is 5.34. The van der Waals surface area contributed by atoms with Crippen LogP contribution in [0, 0.1) is 5.41 Å². The van der Waals surface area contributed by atoms with Crippen molar-refractivity contribution in [3.8, 4) is 0 Å². The SMILES string of the molecule is COCCN(C)CCN[C@H]1c2ccccc2CCC1(C)C. The first-order valence-electron chi connectivity index (χ1n) is 8.03. The zero-order chi connectivity index (χ0) is 15.3. The van der Waals surface area contributed by atoms with Crippen molar-refractivity contribution in [2.45, 2.75) is 32.7 Å². The molecule has 0 saturated heterocycles. The van der Waals surface area contributed by atoms with Gasteiger partial charge in [0, 0.05) is 32.8 Å². The van der Waals surface area contributed by atoms with Crippen molar-refractivity contribution < 1.29 is 4.74 Å². The summed E-state index contributed by atoms with van der Waals surface area (Å²) < 4.78 is 5.13. The number of nitrogens with one attached hydrogen (secondary N) is 1. The van der Waals surface area contributed by atoms with Crippen LogP contribution in [0.25, 0.3) is 0 Å². The van der Waals surface area contributed by atoms with Crippen LogP contribution in [0.5, 0.6) is 0 Å². The Bertz CT molecular complexity index is 445. The molecule has 1 atom stereocenters. The largest absolute Gasteiger partial charge is 0.383 e. The molecule has 0 spiro atoms. The number of methoxy groups -OCH3 is 1. The average molecular weight is 290 g/mol. The summed E-state index contributed by atoms with van der Waals surface area (Å²) in [5.74, 6) is 0. The Balaban J connectivity index is 1.94. The minimum atomic E-state index is 0.319. The van der Waals surface area contributed by atoms with Crippen molar-refractivity contribution >= 4 is 0 Å². The number of likely N-dealkylation sites (N-methyl/N-ethyl adjacent to an activating group) is 1. The highest BCUT2D eigenvalue weighted by atomic mass is 16.5. The minimum absolute atomic E-state index is 0.319. The monoisotopic (exact) mass is 290 g/mol. The van der Waals surface area contributed by atoms with Gasteiger partial charge in [0.1, 0.15) is 0 Å². The molecule has 1 aliphatic rings.